The fourth-order valence-electron chi connectivity index (χ4n) is 2.51. The highest BCUT2D eigenvalue weighted by Crippen LogP contribution is 2.25. The van der Waals surface area contributed by atoms with E-state index in [0.717, 1.165) is 15.4 Å². The molecule has 2 rings (SSSR count). The zero-order chi connectivity index (χ0) is 22.3. The van der Waals surface area contributed by atoms with Crippen LogP contribution in [0.5, 0.6) is 5.75 Å². The predicted octanol–water partition coefficient (Wildman–Crippen LogP) is 3.18. The first-order valence-corrected chi connectivity index (χ1v) is 11.8. The van der Waals surface area contributed by atoms with Gasteiger partial charge in [-0.1, -0.05) is 0 Å². The number of thioether (sulfide) groups is 1. The number of carbonyl (C=O) groups excluding carboxylic acids is 1. The van der Waals surface area contributed by atoms with E-state index in [1.807, 2.05) is 19.9 Å². The van der Waals surface area contributed by atoms with Crippen molar-refractivity contribution in [2.75, 3.05) is 37.5 Å². The van der Waals surface area contributed by atoms with Crippen molar-refractivity contribution in [1.82, 2.24) is 4.31 Å². The first-order chi connectivity index (χ1) is 14.1. The van der Waals surface area contributed by atoms with Crippen LogP contribution in [0.15, 0.2) is 41.3 Å². The zero-order valence-corrected chi connectivity index (χ0v) is 19.1. The number of rotatable bonds is 9. The molecule has 0 aliphatic heterocycles. The topological polar surface area (TPSA) is 99.5 Å². The number of aryl methyl sites for hydroxylation is 1. The molecule has 0 aliphatic carbocycles. The molecule has 0 atom stereocenters. The van der Waals surface area contributed by atoms with Crippen LogP contribution in [0.2, 0.25) is 0 Å². The molecule has 0 radical (unpaired) electrons. The lowest BCUT2D eigenvalue weighted by Crippen LogP contribution is -2.23. The zero-order valence-electron chi connectivity index (χ0n) is 17.4. The summed E-state index contributed by atoms with van der Waals surface area (Å²) in [7, 11) is -0.644. The molecule has 0 aromatic heterocycles. The summed E-state index contributed by atoms with van der Waals surface area (Å²) in [5.41, 5.74) is 2.68. The van der Waals surface area contributed by atoms with Crippen molar-refractivity contribution in [3.8, 4) is 11.8 Å². The maximum Gasteiger partial charge on any atom is 0.242 e. The van der Waals surface area contributed by atoms with Crippen molar-refractivity contribution in [2.24, 2.45) is 0 Å². The number of amides is 1. The Morgan fingerprint density at radius 3 is 2.47 bits per heavy atom. The van der Waals surface area contributed by atoms with Crippen molar-refractivity contribution in [3.05, 3.63) is 53.1 Å². The van der Waals surface area contributed by atoms with Crippen LogP contribution < -0.4 is 10.1 Å². The van der Waals surface area contributed by atoms with Crippen LogP contribution in [-0.4, -0.2) is 50.8 Å². The highest BCUT2D eigenvalue weighted by molar-refractivity contribution is 7.99. The Kier molecular flexibility index (Phi) is 8.29. The number of nitrogens with zero attached hydrogens (tertiary/aromatic N) is 2. The molecule has 0 heterocycles. The van der Waals surface area contributed by atoms with Gasteiger partial charge in [-0.15, -0.1) is 11.8 Å². The molecule has 160 valence electrons. The molecule has 2 aromatic rings. The Bertz CT molecular complexity index is 1040. The Balaban J connectivity index is 1.88. The first-order valence-electron chi connectivity index (χ1n) is 9.19. The van der Waals surface area contributed by atoms with Crippen molar-refractivity contribution in [1.29, 1.82) is 5.26 Å². The summed E-state index contributed by atoms with van der Waals surface area (Å²) in [4.78, 5) is 12.5. The maximum absolute atomic E-state index is 12.4. The van der Waals surface area contributed by atoms with E-state index in [2.05, 4.69) is 5.32 Å². The van der Waals surface area contributed by atoms with Gasteiger partial charge in [0.05, 0.1) is 28.9 Å². The van der Waals surface area contributed by atoms with Crippen molar-refractivity contribution >= 4 is 33.4 Å². The van der Waals surface area contributed by atoms with E-state index in [1.165, 1.54) is 31.9 Å². The molecule has 2 aromatic carbocycles. The van der Waals surface area contributed by atoms with Gasteiger partial charge in [-0.2, -0.15) is 5.26 Å². The smallest absolute Gasteiger partial charge is 0.242 e. The quantitative estimate of drug-likeness (QED) is 0.593. The Hall–Kier alpha value is -2.54. The third kappa shape index (κ3) is 6.23. The standard InChI is InChI=1S/C21H25N3O4S2/c1-15-11-19(30(26,27)24(3)4)12-20(16(15)2)23-21(25)14-29-10-9-28-18-7-5-17(13-22)6-8-18/h5-8,11-12H,9-10,14H2,1-4H3,(H,23,25). The Labute approximate surface area is 182 Å². The molecule has 0 saturated carbocycles. The molecule has 0 spiro atoms. The van der Waals surface area contributed by atoms with Crippen LogP contribution >= 0.6 is 11.8 Å². The highest BCUT2D eigenvalue weighted by Gasteiger charge is 2.20. The predicted molar refractivity (Wildman–Crippen MR) is 119 cm³/mol. The summed E-state index contributed by atoms with van der Waals surface area (Å²) < 4.78 is 31.5. The second-order valence-corrected chi connectivity index (χ2v) is 10.0. The van der Waals surface area contributed by atoms with E-state index in [-0.39, 0.29) is 16.6 Å². The molecular formula is C21H25N3O4S2. The average Bonchev–Trinajstić information content (AvgIpc) is 2.71. The number of nitrogens with one attached hydrogen (secondary N) is 1. The molecule has 0 unspecified atom stereocenters. The number of hydrogen-bond acceptors (Lipinski definition) is 6. The van der Waals surface area contributed by atoms with E-state index in [0.29, 0.717) is 29.4 Å². The molecule has 0 fully saturated rings. The minimum atomic E-state index is -3.59. The van der Waals surface area contributed by atoms with Gasteiger partial charge in [-0.25, -0.2) is 12.7 Å². The molecule has 9 heteroatoms. The molecule has 0 saturated heterocycles. The number of sulfonamides is 1. The normalized spacial score (nSPS) is 11.2. The van der Waals surface area contributed by atoms with Crippen molar-refractivity contribution in [3.63, 3.8) is 0 Å². The lowest BCUT2D eigenvalue weighted by molar-refractivity contribution is -0.113. The average molecular weight is 448 g/mol. The minimum Gasteiger partial charge on any atom is -0.493 e. The number of ether oxygens (including phenoxy) is 1. The van der Waals surface area contributed by atoms with Crippen LogP contribution in [0.3, 0.4) is 0 Å². The monoisotopic (exact) mass is 447 g/mol. The summed E-state index contributed by atoms with van der Waals surface area (Å²) >= 11 is 1.42. The summed E-state index contributed by atoms with van der Waals surface area (Å²) in [6.45, 7) is 4.09. The van der Waals surface area contributed by atoms with Crippen molar-refractivity contribution in [2.45, 2.75) is 18.7 Å². The first kappa shape index (κ1) is 23.7. The van der Waals surface area contributed by atoms with Gasteiger partial charge < -0.3 is 10.1 Å². The van der Waals surface area contributed by atoms with E-state index in [1.54, 1.807) is 30.3 Å². The van der Waals surface area contributed by atoms with Crippen LogP contribution in [0.25, 0.3) is 0 Å². The molecule has 30 heavy (non-hydrogen) atoms. The van der Waals surface area contributed by atoms with Crippen LogP contribution in [0, 0.1) is 25.2 Å². The number of hydrogen-bond donors (Lipinski definition) is 1. The van der Waals surface area contributed by atoms with Gasteiger partial charge in [0.25, 0.3) is 0 Å². The van der Waals surface area contributed by atoms with E-state index in [4.69, 9.17) is 10.00 Å². The summed E-state index contributed by atoms with van der Waals surface area (Å²) in [6.07, 6.45) is 0. The fourth-order valence-corrected chi connectivity index (χ4v) is 4.13. The van der Waals surface area contributed by atoms with Gasteiger partial charge in [0.1, 0.15) is 5.75 Å². The second-order valence-electron chi connectivity index (χ2n) is 6.79. The van der Waals surface area contributed by atoms with Crippen LogP contribution in [-0.2, 0) is 14.8 Å². The highest BCUT2D eigenvalue weighted by atomic mass is 32.2. The lowest BCUT2D eigenvalue weighted by Gasteiger charge is -2.16. The number of benzene rings is 2. The molecule has 0 bridgehead atoms. The van der Waals surface area contributed by atoms with E-state index < -0.39 is 10.0 Å². The third-order valence-corrected chi connectivity index (χ3v) is 7.12. The summed E-state index contributed by atoms with van der Waals surface area (Å²) in [6, 6.07) is 12.0. The largest absolute Gasteiger partial charge is 0.493 e. The Morgan fingerprint density at radius 2 is 1.87 bits per heavy atom. The molecule has 1 N–H and O–H groups in total. The van der Waals surface area contributed by atoms with Gasteiger partial charge in [0.15, 0.2) is 0 Å². The lowest BCUT2D eigenvalue weighted by atomic mass is 10.1. The molecule has 1 amide bonds. The van der Waals surface area contributed by atoms with Crippen molar-refractivity contribution < 1.29 is 17.9 Å². The number of nitriles is 1. The maximum atomic E-state index is 12.4. The fraction of sp³-hybridized carbons (Fsp3) is 0.333. The second kappa shape index (κ2) is 10.5. The Morgan fingerprint density at radius 1 is 1.20 bits per heavy atom. The molecule has 7 nitrogen and oxygen atoms in total. The summed E-state index contributed by atoms with van der Waals surface area (Å²) in [5, 5.41) is 11.6. The SMILES string of the molecule is Cc1cc(S(=O)(=O)N(C)C)cc(NC(=O)CSCCOc2ccc(C#N)cc2)c1C. The summed E-state index contributed by atoms with van der Waals surface area (Å²) in [5.74, 6) is 1.30. The minimum absolute atomic E-state index is 0.148. The number of carbonyl (C=O) groups is 1. The molecule has 0 aliphatic rings. The van der Waals surface area contributed by atoms with E-state index in [9.17, 15) is 13.2 Å². The number of anilines is 1. The molecular weight excluding hydrogens is 422 g/mol. The van der Waals surface area contributed by atoms with Gasteiger partial charge in [0, 0.05) is 25.5 Å². The van der Waals surface area contributed by atoms with Gasteiger partial charge in [-0.3, -0.25) is 4.79 Å². The van der Waals surface area contributed by atoms with Gasteiger partial charge >= 0.3 is 0 Å². The van der Waals surface area contributed by atoms with Crippen LogP contribution in [0.1, 0.15) is 16.7 Å². The van der Waals surface area contributed by atoms with Gasteiger partial charge in [-0.05, 0) is 61.4 Å². The van der Waals surface area contributed by atoms with Crippen LogP contribution in [0.4, 0.5) is 5.69 Å². The van der Waals surface area contributed by atoms with Gasteiger partial charge in [0.2, 0.25) is 15.9 Å². The third-order valence-electron chi connectivity index (χ3n) is 4.41. The van der Waals surface area contributed by atoms with E-state index >= 15 is 0 Å².